The van der Waals surface area contributed by atoms with Crippen molar-refractivity contribution in [1.29, 1.82) is 0 Å². The smallest absolute Gasteiger partial charge is 0.128 e. The molecule has 4 heteroatoms. The van der Waals surface area contributed by atoms with Crippen molar-refractivity contribution in [2.24, 2.45) is 0 Å². The molecule has 2 nitrogen and oxygen atoms in total. The number of benzene rings is 2. The normalized spacial score (nSPS) is 11.5. The van der Waals surface area contributed by atoms with E-state index in [9.17, 15) is 0 Å². The highest BCUT2D eigenvalue weighted by Gasteiger charge is 2.10. The van der Waals surface area contributed by atoms with Crippen molar-refractivity contribution in [2.75, 3.05) is 0 Å². The number of hydrogen-bond acceptors (Lipinski definition) is 2. The van der Waals surface area contributed by atoms with E-state index in [1.807, 2.05) is 36.4 Å². The molecule has 0 unspecified atom stereocenters. The predicted octanol–water partition coefficient (Wildman–Crippen LogP) is 5.73. The van der Waals surface area contributed by atoms with E-state index in [0.29, 0.717) is 0 Å². The molecule has 0 atom stereocenters. The van der Waals surface area contributed by atoms with Crippen molar-refractivity contribution in [3.63, 3.8) is 0 Å². The van der Waals surface area contributed by atoms with Crippen LogP contribution in [0.2, 0.25) is 0 Å². The van der Waals surface area contributed by atoms with E-state index in [1.165, 1.54) is 5.56 Å². The van der Waals surface area contributed by atoms with Gasteiger partial charge in [-0.1, -0.05) is 28.1 Å². The molecule has 0 saturated heterocycles. The van der Waals surface area contributed by atoms with E-state index >= 15 is 0 Å². The third kappa shape index (κ3) is 5.60. The van der Waals surface area contributed by atoms with Crippen LogP contribution in [0.5, 0.6) is 11.5 Å². The van der Waals surface area contributed by atoms with Crippen molar-refractivity contribution >= 4 is 38.5 Å². The average Bonchev–Trinajstić information content (AvgIpc) is 2.36. The van der Waals surface area contributed by atoms with E-state index in [4.69, 9.17) is 4.74 Å². The Morgan fingerprint density at radius 3 is 2.43 bits per heavy atom. The second kappa shape index (κ2) is 7.11. The molecule has 0 heterocycles. The van der Waals surface area contributed by atoms with E-state index in [-0.39, 0.29) is 5.54 Å². The Morgan fingerprint density at radius 1 is 1.10 bits per heavy atom. The molecule has 0 amide bonds. The number of ether oxygens (including phenoxy) is 1. The third-order valence-electron chi connectivity index (χ3n) is 2.87. The molecule has 112 valence electrons. The first-order valence-electron chi connectivity index (χ1n) is 6.80. The van der Waals surface area contributed by atoms with Gasteiger partial charge in [0.05, 0.1) is 0 Å². The molecular formula is C17H19BrINO. The van der Waals surface area contributed by atoms with Crippen molar-refractivity contribution in [1.82, 2.24) is 5.32 Å². The van der Waals surface area contributed by atoms with Crippen LogP contribution in [0.15, 0.2) is 46.9 Å². The monoisotopic (exact) mass is 459 g/mol. The van der Waals surface area contributed by atoms with Crippen molar-refractivity contribution in [3.8, 4) is 11.5 Å². The number of nitrogens with one attached hydrogen (secondary N) is 1. The number of hydrogen-bond donors (Lipinski definition) is 1. The molecule has 0 aromatic heterocycles. The lowest BCUT2D eigenvalue weighted by atomic mass is 10.1. The summed E-state index contributed by atoms with van der Waals surface area (Å²) >= 11 is 5.90. The highest BCUT2D eigenvalue weighted by molar-refractivity contribution is 14.1. The summed E-state index contributed by atoms with van der Waals surface area (Å²) in [5, 5.41) is 3.48. The topological polar surface area (TPSA) is 21.3 Å². The summed E-state index contributed by atoms with van der Waals surface area (Å²) < 4.78 is 8.11. The van der Waals surface area contributed by atoms with Gasteiger partial charge in [-0.15, -0.1) is 0 Å². The van der Waals surface area contributed by atoms with Crippen LogP contribution in [0.25, 0.3) is 0 Å². The largest absolute Gasteiger partial charge is 0.457 e. The second-order valence-corrected chi connectivity index (χ2v) is 8.02. The molecule has 21 heavy (non-hydrogen) atoms. The van der Waals surface area contributed by atoms with Gasteiger partial charge >= 0.3 is 0 Å². The van der Waals surface area contributed by atoms with Crippen LogP contribution in [0.1, 0.15) is 26.3 Å². The van der Waals surface area contributed by atoms with Gasteiger partial charge in [-0.3, -0.25) is 0 Å². The molecule has 0 aliphatic heterocycles. The molecule has 0 aliphatic rings. The maximum absolute atomic E-state index is 5.89. The zero-order valence-electron chi connectivity index (χ0n) is 12.4. The molecule has 0 spiro atoms. The summed E-state index contributed by atoms with van der Waals surface area (Å²) in [7, 11) is 0. The van der Waals surface area contributed by atoms with Crippen LogP contribution in [-0.2, 0) is 6.54 Å². The van der Waals surface area contributed by atoms with Crippen molar-refractivity contribution in [3.05, 3.63) is 56.1 Å². The zero-order chi connectivity index (χ0) is 15.5. The quantitative estimate of drug-likeness (QED) is 0.589. The average molecular weight is 460 g/mol. The van der Waals surface area contributed by atoms with Crippen LogP contribution >= 0.6 is 38.5 Å². The van der Waals surface area contributed by atoms with E-state index in [2.05, 4.69) is 70.7 Å². The zero-order valence-corrected chi connectivity index (χ0v) is 16.2. The number of rotatable bonds is 4. The standard InChI is InChI=1S/C17H19BrINO/c1-17(2,3)20-11-12-7-8-15(10-16(12)18)21-14-6-4-5-13(19)9-14/h4-10,20H,11H2,1-3H3. The minimum absolute atomic E-state index is 0.106. The fraction of sp³-hybridized carbons (Fsp3) is 0.294. The summed E-state index contributed by atoms with van der Waals surface area (Å²) in [4.78, 5) is 0. The van der Waals surface area contributed by atoms with Crippen molar-refractivity contribution < 1.29 is 4.74 Å². The third-order valence-corrected chi connectivity index (χ3v) is 4.27. The summed E-state index contributed by atoms with van der Waals surface area (Å²) in [6.45, 7) is 7.31. The van der Waals surface area contributed by atoms with Gasteiger partial charge in [-0.2, -0.15) is 0 Å². The SMILES string of the molecule is CC(C)(C)NCc1ccc(Oc2cccc(I)c2)cc1Br. The molecule has 0 radical (unpaired) electrons. The first kappa shape index (κ1) is 16.8. The molecule has 2 aromatic carbocycles. The molecule has 2 aromatic rings. The van der Waals surface area contributed by atoms with E-state index in [0.717, 1.165) is 26.1 Å². The van der Waals surface area contributed by atoms with Crippen LogP contribution in [0.4, 0.5) is 0 Å². The maximum atomic E-state index is 5.89. The van der Waals surface area contributed by atoms with Crippen LogP contribution < -0.4 is 10.1 Å². The lowest BCUT2D eigenvalue weighted by Crippen LogP contribution is -2.35. The summed E-state index contributed by atoms with van der Waals surface area (Å²) in [6.07, 6.45) is 0. The van der Waals surface area contributed by atoms with E-state index in [1.54, 1.807) is 0 Å². The molecule has 0 saturated carbocycles. The molecule has 2 rings (SSSR count). The second-order valence-electron chi connectivity index (χ2n) is 5.92. The summed E-state index contributed by atoms with van der Waals surface area (Å²) in [5.41, 5.74) is 1.33. The molecule has 0 bridgehead atoms. The van der Waals surface area contributed by atoms with Crippen LogP contribution in [0, 0.1) is 3.57 Å². The summed E-state index contributed by atoms with van der Waals surface area (Å²) in [5.74, 6) is 1.69. The van der Waals surface area contributed by atoms with Gasteiger partial charge in [0, 0.05) is 20.1 Å². The highest BCUT2D eigenvalue weighted by atomic mass is 127. The van der Waals surface area contributed by atoms with Gasteiger partial charge in [-0.05, 0) is 79.3 Å². The van der Waals surface area contributed by atoms with Crippen LogP contribution in [0.3, 0.4) is 0 Å². The van der Waals surface area contributed by atoms with Gasteiger partial charge in [0.25, 0.3) is 0 Å². The Morgan fingerprint density at radius 2 is 1.81 bits per heavy atom. The first-order valence-corrected chi connectivity index (χ1v) is 8.67. The van der Waals surface area contributed by atoms with Gasteiger partial charge in [0.15, 0.2) is 0 Å². The van der Waals surface area contributed by atoms with Gasteiger partial charge in [0.2, 0.25) is 0 Å². The van der Waals surface area contributed by atoms with E-state index < -0.39 is 0 Å². The lowest BCUT2D eigenvalue weighted by molar-refractivity contribution is 0.423. The molecule has 0 fully saturated rings. The fourth-order valence-corrected chi connectivity index (χ4v) is 2.77. The van der Waals surface area contributed by atoms with Crippen LogP contribution in [-0.4, -0.2) is 5.54 Å². The molecule has 0 aliphatic carbocycles. The fourth-order valence-electron chi connectivity index (χ4n) is 1.76. The lowest BCUT2D eigenvalue weighted by Gasteiger charge is -2.21. The Bertz CT molecular complexity index is 622. The maximum Gasteiger partial charge on any atom is 0.128 e. The highest BCUT2D eigenvalue weighted by Crippen LogP contribution is 2.28. The Hall–Kier alpha value is -0.590. The number of halogens is 2. The van der Waals surface area contributed by atoms with Gasteiger partial charge in [0.1, 0.15) is 11.5 Å². The minimum atomic E-state index is 0.106. The Balaban J connectivity index is 2.08. The first-order chi connectivity index (χ1) is 9.83. The van der Waals surface area contributed by atoms with Gasteiger partial charge in [-0.25, -0.2) is 0 Å². The Labute approximate surface area is 148 Å². The molecular weight excluding hydrogens is 441 g/mol. The summed E-state index contributed by atoms with van der Waals surface area (Å²) in [6, 6.07) is 14.1. The minimum Gasteiger partial charge on any atom is -0.457 e. The van der Waals surface area contributed by atoms with Gasteiger partial charge < -0.3 is 10.1 Å². The van der Waals surface area contributed by atoms with Crippen molar-refractivity contribution in [2.45, 2.75) is 32.9 Å². The Kier molecular flexibility index (Phi) is 5.68. The predicted molar refractivity (Wildman–Crippen MR) is 100.0 cm³/mol. The molecule has 1 N–H and O–H groups in total.